The van der Waals surface area contributed by atoms with Crippen LogP contribution in [0, 0.1) is 5.92 Å². The molecule has 0 radical (unpaired) electrons. The van der Waals surface area contributed by atoms with Crippen molar-refractivity contribution in [3.63, 3.8) is 0 Å². The van der Waals surface area contributed by atoms with E-state index in [4.69, 9.17) is 15.6 Å². The van der Waals surface area contributed by atoms with Crippen molar-refractivity contribution in [1.29, 1.82) is 0 Å². The molecule has 0 aliphatic carbocycles. The molecule has 18 heavy (non-hydrogen) atoms. The van der Waals surface area contributed by atoms with Crippen LogP contribution in [0.3, 0.4) is 0 Å². The van der Waals surface area contributed by atoms with Gasteiger partial charge in [-0.25, -0.2) is 4.79 Å². The summed E-state index contributed by atoms with van der Waals surface area (Å²) in [6.07, 6.45) is -0.384. The number of carboxylic acid groups (broad SMARTS) is 1. The Bertz CT molecular complexity index is 297. The minimum absolute atomic E-state index is 0.0721. The topological polar surface area (TPSA) is 102 Å². The molecule has 0 fully saturated rings. The summed E-state index contributed by atoms with van der Waals surface area (Å²) in [5.41, 5.74) is 4.88. The molecule has 0 heterocycles. The van der Waals surface area contributed by atoms with E-state index in [1.807, 2.05) is 13.8 Å². The van der Waals surface area contributed by atoms with E-state index in [-0.39, 0.29) is 18.4 Å². The van der Waals surface area contributed by atoms with E-state index in [1.165, 1.54) is 0 Å². The summed E-state index contributed by atoms with van der Waals surface area (Å²) in [5, 5.41) is 11.4. The molecule has 6 heteroatoms. The molecule has 0 aliphatic heterocycles. The zero-order valence-electron chi connectivity index (χ0n) is 11.7. The molecular formula is C12H24N2O4. The summed E-state index contributed by atoms with van der Waals surface area (Å²) < 4.78 is 5.12. The van der Waals surface area contributed by atoms with Crippen LogP contribution < -0.4 is 11.1 Å². The highest BCUT2D eigenvalue weighted by atomic mass is 16.6. The van der Waals surface area contributed by atoms with Crippen molar-refractivity contribution in [3.8, 4) is 0 Å². The second-order valence-electron chi connectivity index (χ2n) is 5.68. The monoisotopic (exact) mass is 260 g/mol. The number of rotatable bonds is 5. The third kappa shape index (κ3) is 7.11. The Morgan fingerprint density at radius 2 is 1.83 bits per heavy atom. The van der Waals surface area contributed by atoms with E-state index in [9.17, 15) is 9.59 Å². The predicted molar refractivity (Wildman–Crippen MR) is 68.2 cm³/mol. The quantitative estimate of drug-likeness (QED) is 0.692. The van der Waals surface area contributed by atoms with Gasteiger partial charge in [-0.05, 0) is 33.1 Å². The zero-order chi connectivity index (χ0) is 14.5. The molecule has 2 atom stereocenters. The lowest BCUT2D eigenvalue weighted by Gasteiger charge is -2.26. The van der Waals surface area contributed by atoms with Crippen molar-refractivity contribution in [2.45, 2.75) is 58.7 Å². The summed E-state index contributed by atoms with van der Waals surface area (Å²) in [5.74, 6) is -1.01. The molecule has 0 saturated heterocycles. The number of nitrogens with two attached hydrogens (primary N) is 1. The number of ether oxygens (including phenoxy) is 1. The van der Waals surface area contributed by atoms with Crippen molar-refractivity contribution < 1.29 is 19.4 Å². The molecule has 6 nitrogen and oxygen atoms in total. The summed E-state index contributed by atoms with van der Waals surface area (Å²) in [7, 11) is 0. The van der Waals surface area contributed by atoms with Gasteiger partial charge in [0.05, 0.1) is 0 Å². The van der Waals surface area contributed by atoms with Gasteiger partial charge in [0.15, 0.2) is 0 Å². The van der Waals surface area contributed by atoms with Crippen LogP contribution in [0.15, 0.2) is 0 Å². The van der Waals surface area contributed by atoms with Crippen molar-refractivity contribution in [1.82, 2.24) is 5.32 Å². The highest BCUT2D eigenvalue weighted by molar-refractivity contribution is 5.73. The van der Waals surface area contributed by atoms with Crippen molar-refractivity contribution >= 4 is 12.1 Å². The van der Waals surface area contributed by atoms with Gasteiger partial charge in [-0.15, -0.1) is 0 Å². The van der Waals surface area contributed by atoms with Crippen LogP contribution in [-0.2, 0) is 9.53 Å². The van der Waals surface area contributed by atoms with Gasteiger partial charge < -0.3 is 20.9 Å². The Morgan fingerprint density at radius 3 is 2.17 bits per heavy atom. The number of amides is 1. The molecule has 106 valence electrons. The van der Waals surface area contributed by atoms with Crippen LogP contribution >= 0.6 is 0 Å². The van der Waals surface area contributed by atoms with Crippen molar-refractivity contribution in [2.75, 3.05) is 0 Å². The van der Waals surface area contributed by atoms with E-state index in [2.05, 4.69) is 5.32 Å². The number of carbonyl (C=O) groups excluding carboxylic acids is 1. The first-order valence-electron chi connectivity index (χ1n) is 6.01. The Balaban J connectivity index is 4.45. The highest BCUT2D eigenvalue weighted by Crippen LogP contribution is 2.11. The molecule has 4 N–H and O–H groups in total. The highest BCUT2D eigenvalue weighted by Gasteiger charge is 2.25. The second kappa shape index (κ2) is 6.58. The van der Waals surface area contributed by atoms with Gasteiger partial charge in [-0.1, -0.05) is 13.8 Å². The lowest BCUT2D eigenvalue weighted by molar-refractivity contribution is -0.138. The smallest absolute Gasteiger partial charge is 0.407 e. The van der Waals surface area contributed by atoms with Crippen LogP contribution in [0.5, 0.6) is 0 Å². The van der Waals surface area contributed by atoms with Gasteiger partial charge in [-0.2, -0.15) is 0 Å². The number of carbonyl (C=O) groups is 2. The number of aliphatic carboxylic acids is 1. The molecule has 0 aromatic rings. The molecule has 1 amide bonds. The van der Waals surface area contributed by atoms with Gasteiger partial charge in [0.1, 0.15) is 11.6 Å². The van der Waals surface area contributed by atoms with Crippen LogP contribution in [0.4, 0.5) is 4.79 Å². The fourth-order valence-corrected chi connectivity index (χ4v) is 1.33. The molecule has 0 aromatic carbocycles. The standard InChI is InChI=1S/C12H24N2O4/c1-7(2)9(6-8(13)10(15)16)14-11(17)18-12(3,4)5/h7-9H,6,13H2,1-5H3,(H,14,17)(H,15,16). The molecule has 0 saturated carbocycles. The van der Waals surface area contributed by atoms with Crippen molar-refractivity contribution in [2.24, 2.45) is 11.7 Å². The third-order valence-corrected chi connectivity index (χ3v) is 2.33. The first-order chi connectivity index (χ1) is 8.03. The number of hydrogen-bond donors (Lipinski definition) is 3. The van der Waals surface area contributed by atoms with Gasteiger partial charge in [-0.3, -0.25) is 4.79 Å². The maximum Gasteiger partial charge on any atom is 0.407 e. The average molecular weight is 260 g/mol. The number of carboxylic acids is 1. The largest absolute Gasteiger partial charge is 0.480 e. The second-order valence-corrected chi connectivity index (χ2v) is 5.68. The Morgan fingerprint density at radius 1 is 1.33 bits per heavy atom. The molecule has 0 spiro atoms. The minimum Gasteiger partial charge on any atom is -0.480 e. The normalized spacial score (nSPS) is 15.1. The summed E-state index contributed by atoms with van der Waals surface area (Å²) >= 11 is 0. The zero-order valence-corrected chi connectivity index (χ0v) is 11.7. The maximum absolute atomic E-state index is 11.6. The Kier molecular flexibility index (Phi) is 6.11. The van der Waals surface area contributed by atoms with Gasteiger partial charge in [0.2, 0.25) is 0 Å². The van der Waals surface area contributed by atoms with Crippen LogP contribution in [-0.4, -0.2) is 34.9 Å². The molecule has 0 aromatic heterocycles. The fourth-order valence-electron chi connectivity index (χ4n) is 1.33. The Labute approximate surface area is 108 Å². The first kappa shape index (κ1) is 16.7. The van der Waals surface area contributed by atoms with E-state index in [0.29, 0.717) is 0 Å². The predicted octanol–water partition coefficient (Wildman–Crippen LogP) is 1.34. The maximum atomic E-state index is 11.6. The lowest BCUT2D eigenvalue weighted by Crippen LogP contribution is -2.46. The van der Waals surface area contributed by atoms with Gasteiger partial charge in [0, 0.05) is 6.04 Å². The van der Waals surface area contributed by atoms with Crippen molar-refractivity contribution in [3.05, 3.63) is 0 Å². The molecular weight excluding hydrogens is 236 g/mol. The summed E-state index contributed by atoms with van der Waals surface area (Å²) in [4.78, 5) is 22.3. The van der Waals surface area contributed by atoms with Gasteiger partial charge >= 0.3 is 12.1 Å². The van der Waals surface area contributed by atoms with E-state index >= 15 is 0 Å². The summed E-state index contributed by atoms with van der Waals surface area (Å²) in [6.45, 7) is 9.06. The van der Waals surface area contributed by atoms with E-state index in [1.54, 1.807) is 20.8 Å². The minimum atomic E-state index is -1.08. The number of hydrogen-bond acceptors (Lipinski definition) is 4. The first-order valence-corrected chi connectivity index (χ1v) is 6.01. The van der Waals surface area contributed by atoms with Crippen LogP contribution in [0.1, 0.15) is 41.0 Å². The molecule has 0 rings (SSSR count). The number of alkyl carbamates (subject to hydrolysis) is 1. The average Bonchev–Trinajstić information content (AvgIpc) is 2.12. The lowest BCUT2D eigenvalue weighted by atomic mass is 9.97. The molecule has 2 unspecified atom stereocenters. The van der Waals surface area contributed by atoms with Crippen LogP contribution in [0.25, 0.3) is 0 Å². The molecule has 0 bridgehead atoms. The third-order valence-electron chi connectivity index (χ3n) is 2.33. The Hall–Kier alpha value is -1.30. The van der Waals surface area contributed by atoms with Gasteiger partial charge in [0.25, 0.3) is 0 Å². The SMILES string of the molecule is CC(C)C(CC(N)C(=O)O)NC(=O)OC(C)(C)C. The van der Waals surface area contributed by atoms with E-state index in [0.717, 1.165) is 0 Å². The summed E-state index contributed by atoms with van der Waals surface area (Å²) in [6, 6.07) is -1.32. The van der Waals surface area contributed by atoms with Crippen LogP contribution in [0.2, 0.25) is 0 Å². The van der Waals surface area contributed by atoms with E-state index < -0.39 is 23.7 Å². The fraction of sp³-hybridized carbons (Fsp3) is 0.833. The number of nitrogens with one attached hydrogen (secondary N) is 1. The molecule has 0 aliphatic rings.